The molecule has 170 valence electrons. The number of imide groups is 1. The van der Waals surface area contributed by atoms with Crippen LogP contribution in [0.2, 0.25) is 0 Å². The van der Waals surface area contributed by atoms with Crippen molar-refractivity contribution in [3.63, 3.8) is 0 Å². The number of carbonyl (C=O) groups is 3. The maximum Gasteiger partial charge on any atom is 0.338 e. The zero-order valence-corrected chi connectivity index (χ0v) is 18.4. The first-order chi connectivity index (χ1) is 15.2. The highest BCUT2D eigenvalue weighted by molar-refractivity contribution is 7.92. The third kappa shape index (κ3) is 6.55. The Hall–Kier alpha value is -3.40. The Labute approximate surface area is 186 Å². The van der Waals surface area contributed by atoms with Crippen molar-refractivity contribution in [3.8, 4) is 0 Å². The van der Waals surface area contributed by atoms with E-state index in [9.17, 15) is 22.8 Å². The second-order valence-corrected chi connectivity index (χ2v) is 9.26. The van der Waals surface area contributed by atoms with Crippen LogP contribution in [0, 0.1) is 6.92 Å². The van der Waals surface area contributed by atoms with Gasteiger partial charge in [0.25, 0.3) is 15.9 Å². The van der Waals surface area contributed by atoms with Crippen LogP contribution in [0.15, 0.2) is 53.4 Å². The van der Waals surface area contributed by atoms with E-state index in [0.29, 0.717) is 5.69 Å². The number of benzene rings is 2. The molecule has 0 saturated heterocycles. The zero-order chi connectivity index (χ0) is 23.1. The molecule has 2 aromatic rings. The Morgan fingerprint density at radius 1 is 0.969 bits per heavy atom. The maximum atomic E-state index is 12.5. The van der Waals surface area contributed by atoms with Crippen molar-refractivity contribution < 1.29 is 27.5 Å². The van der Waals surface area contributed by atoms with Gasteiger partial charge in [0.15, 0.2) is 6.61 Å². The van der Waals surface area contributed by atoms with Crippen LogP contribution >= 0.6 is 0 Å². The van der Waals surface area contributed by atoms with E-state index < -0.39 is 34.5 Å². The normalized spacial score (nSPS) is 13.9. The molecular weight excluding hydrogens is 434 g/mol. The number of aryl methyl sites for hydroxylation is 1. The van der Waals surface area contributed by atoms with Crippen molar-refractivity contribution in [2.75, 3.05) is 11.3 Å². The molecule has 1 fully saturated rings. The number of nitrogens with one attached hydrogen (secondary N) is 3. The van der Waals surface area contributed by atoms with Gasteiger partial charge >= 0.3 is 12.0 Å². The number of amides is 3. The topological polar surface area (TPSA) is 131 Å². The summed E-state index contributed by atoms with van der Waals surface area (Å²) >= 11 is 0. The SMILES string of the molecule is Cc1ccc(NS(=O)(=O)c2ccc(C(=O)OCC(=O)NC(=O)NC3CCCC3)cc2)cc1. The zero-order valence-electron chi connectivity index (χ0n) is 17.6. The van der Waals surface area contributed by atoms with E-state index in [-0.39, 0.29) is 16.5 Å². The molecule has 1 saturated carbocycles. The molecule has 0 atom stereocenters. The van der Waals surface area contributed by atoms with E-state index in [0.717, 1.165) is 31.2 Å². The van der Waals surface area contributed by atoms with Crippen molar-refractivity contribution in [1.29, 1.82) is 0 Å². The first-order valence-corrected chi connectivity index (χ1v) is 11.7. The maximum absolute atomic E-state index is 12.5. The second kappa shape index (κ2) is 10.3. The molecule has 1 aliphatic rings. The number of carbonyl (C=O) groups excluding carboxylic acids is 3. The van der Waals surface area contributed by atoms with Gasteiger partial charge < -0.3 is 10.1 Å². The highest BCUT2D eigenvalue weighted by Gasteiger charge is 2.19. The Balaban J connectivity index is 1.50. The van der Waals surface area contributed by atoms with Gasteiger partial charge in [0.1, 0.15) is 0 Å². The predicted octanol–water partition coefficient (Wildman–Crippen LogP) is 2.72. The van der Waals surface area contributed by atoms with E-state index in [1.807, 2.05) is 6.92 Å². The largest absolute Gasteiger partial charge is 0.452 e. The number of anilines is 1. The number of ether oxygens (including phenoxy) is 1. The van der Waals surface area contributed by atoms with Gasteiger partial charge in [0.2, 0.25) is 0 Å². The molecule has 3 rings (SSSR count). The average molecular weight is 460 g/mol. The fourth-order valence-corrected chi connectivity index (χ4v) is 4.33. The summed E-state index contributed by atoms with van der Waals surface area (Å²) in [4.78, 5) is 35.7. The molecule has 0 spiro atoms. The molecule has 9 nitrogen and oxygen atoms in total. The molecule has 0 radical (unpaired) electrons. The van der Waals surface area contributed by atoms with Gasteiger partial charge in [0, 0.05) is 11.7 Å². The lowest BCUT2D eigenvalue weighted by atomic mass is 10.2. The van der Waals surface area contributed by atoms with E-state index in [4.69, 9.17) is 4.74 Å². The average Bonchev–Trinajstić information content (AvgIpc) is 3.26. The van der Waals surface area contributed by atoms with Crippen LogP contribution in [0.1, 0.15) is 41.6 Å². The van der Waals surface area contributed by atoms with Gasteiger partial charge in [0.05, 0.1) is 10.5 Å². The molecule has 3 amide bonds. The first kappa shape index (κ1) is 23.3. The number of rotatable bonds is 7. The van der Waals surface area contributed by atoms with Gasteiger partial charge in [-0.15, -0.1) is 0 Å². The highest BCUT2D eigenvalue weighted by Crippen LogP contribution is 2.18. The lowest BCUT2D eigenvalue weighted by Gasteiger charge is -2.12. The molecule has 2 aromatic carbocycles. The summed E-state index contributed by atoms with van der Waals surface area (Å²) in [6.45, 7) is 1.26. The summed E-state index contributed by atoms with van der Waals surface area (Å²) in [5, 5.41) is 4.81. The molecule has 3 N–H and O–H groups in total. The third-order valence-corrected chi connectivity index (χ3v) is 6.38. The third-order valence-electron chi connectivity index (χ3n) is 4.98. The van der Waals surface area contributed by atoms with Crippen LogP contribution in [0.3, 0.4) is 0 Å². The standard InChI is InChI=1S/C22H25N3O6S/c1-15-6-10-18(11-7-15)25-32(29,30)19-12-8-16(9-13-19)21(27)31-14-20(26)24-22(28)23-17-4-2-3-5-17/h6-13,17,25H,2-5,14H2,1H3,(H2,23,24,26,28). The summed E-state index contributed by atoms with van der Waals surface area (Å²) in [5.74, 6) is -1.57. The summed E-state index contributed by atoms with van der Waals surface area (Å²) in [5.41, 5.74) is 1.49. The number of urea groups is 1. The Kier molecular flexibility index (Phi) is 7.47. The number of hydrogen-bond acceptors (Lipinski definition) is 6. The predicted molar refractivity (Wildman–Crippen MR) is 118 cm³/mol. The minimum absolute atomic E-state index is 0.0315. The molecule has 0 aliphatic heterocycles. The van der Waals surface area contributed by atoms with Crippen LogP contribution in [0.4, 0.5) is 10.5 Å². The van der Waals surface area contributed by atoms with Gasteiger partial charge in [-0.1, -0.05) is 30.5 Å². The second-order valence-electron chi connectivity index (χ2n) is 7.58. The molecule has 0 bridgehead atoms. The quantitative estimate of drug-likeness (QED) is 0.546. The summed E-state index contributed by atoms with van der Waals surface area (Å²) in [6.07, 6.45) is 3.84. The minimum Gasteiger partial charge on any atom is -0.452 e. The van der Waals surface area contributed by atoms with Crippen LogP contribution < -0.4 is 15.4 Å². The van der Waals surface area contributed by atoms with Crippen molar-refractivity contribution >= 4 is 33.6 Å². The molecule has 32 heavy (non-hydrogen) atoms. The molecule has 0 heterocycles. The summed E-state index contributed by atoms with van der Waals surface area (Å²) in [6, 6.07) is 11.4. The van der Waals surface area contributed by atoms with Crippen molar-refractivity contribution in [1.82, 2.24) is 10.6 Å². The van der Waals surface area contributed by atoms with Crippen molar-refractivity contribution in [2.45, 2.75) is 43.5 Å². The van der Waals surface area contributed by atoms with Gasteiger partial charge in [-0.2, -0.15) is 0 Å². The van der Waals surface area contributed by atoms with Crippen LogP contribution in [0.25, 0.3) is 0 Å². The van der Waals surface area contributed by atoms with E-state index >= 15 is 0 Å². The number of hydrogen-bond donors (Lipinski definition) is 3. The molecular formula is C22H25N3O6S. The van der Waals surface area contributed by atoms with E-state index in [1.54, 1.807) is 24.3 Å². The molecule has 0 aromatic heterocycles. The number of esters is 1. The summed E-state index contributed by atoms with van der Waals surface area (Å²) < 4.78 is 32.3. The van der Waals surface area contributed by atoms with Gasteiger partial charge in [-0.25, -0.2) is 18.0 Å². The van der Waals surface area contributed by atoms with Gasteiger partial charge in [-0.05, 0) is 56.2 Å². The fourth-order valence-electron chi connectivity index (χ4n) is 3.27. The monoisotopic (exact) mass is 459 g/mol. The first-order valence-electron chi connectivity index (χ1n) is 10.2. The van der Waals surface area contributed by atoms with Crippen molar-refractivity contribution in [2.24, 2.45) is 0 Å². The van der Waals surface area contributed by atoms with Gasteiger partial charge in [-0.3, -0.25) is 14.8 Å². The number of sulfonamides is 1. The summed E-state index contributed by atoms with van der Waals surface area (Å²) in [7, 11) is -3.83. The van der Waals surface area contributed by atoms with Crippen LogP contribution in [-0.4, -0.2) is 39.0 Å². The molecule has 10 heteroatoms. The Morgan fingerprint density at radius 2 is 1.59 bits per heavy atom. The molecule has 1 aliphatic carbocycles. The van der Waals surface area contributed by atoms with Crippen LogP contribution in [0.5, 0.6) is 0 Å². The van der Waals surface area contributed by atoms with Crippen LogP contribution in [-0.2, 0) is 19.6 Å². The van der Waals surface area contributed by atoms with Crippen molar-refractivity contribution in [3.05, 3.63) is 59.7 Å². The smallest absolute Gasteiger partial charge is 0.338 e. The Morgan fingerprint density at radius 3 is 2.22 bits per heavy atom. The Bertz CT molecular complexity index is 1080. The molecule has 0 unspecified atom stereocenters. The highest BCUT2D eigenvalue weighted by atomic mass is 32.2. The van der Waals surface area contributed by atoms with E-state index in [2.05, 4.69) is 15.4 Å². The fraction of sp³-hybridized carbons (Fsp3) is 0.318. The van der Waals surface area contributed by atoms with E-state index in [1.165, 1.54) is 24.3 Å². The lowest BCUT2D eigenvalue weighted by Crippen LogP contribution is -2.44. The lowest BCUT2D eigenvalue weighted by molar-refractivity contribution is -0.123. The minimum atomic E-state index is -3.83.